The number of carbonyl (C=O) groups is 1. The molecule has 2 aromatic rings. The number of methoxy groups -OCH3 is 2. The van der Waals surface area contributed by atoms with Gasteiger partial charge in [-0.3, -0.25) is 4.79 Å². The Labute approximate surface area is 165 Å². The van der Waals surface area contributed by atoms with Crippen LogP contribution in [0.25, 0.3) is 0 Å². The fourth-order valence-electron chi connectivity index (χ4n) is 4.19. The molecule has 2 heterocycles. The van der Waals surface area contributed by atoms with Crippen LogP contribution in [0.1, 0.15) is 33.9 Å². The number of carbonyl (C=O) groups excluding carboxylic acids is 1. The first-order valence-corrected chi connectivity index (χ1v) is 9.44. The Kier molecular flexibility index (Phi) is 4.67. The lowest BCUT2D eigenvalue weighted by atomic mass is 9.86. The number of nitrogens with zero attached hydrogens (tertiary/aromatic N) is 1. The molecule has 1 atom stereocenters. The largest absolute Gasteiger partial charge is 0.497 e. The van der Waals surface area contributed by atoms with Crippen LogP contribution in [0.4, 0.5) is 0 Å². The molecule has 6 heteroatoms. The smallest absolute Gasteiger partial charge is 0.231 e. The highest BCUT2D eigenvalue weighted by Gasteiger charge is 2.42. The first-order valence-electron chi connectivity index (χ1n) is 9.44. The van der Waals surface area contributed by atoms with E-state index in [1.165, 1.54) is 5.56 Å². The highest BCUT2D eigenvalue weighted by molar-refractivity contribution is 5.96. The second kappa shape index (κ2) is 7.02. The number of ether oxygens (including phenoxy) is 4. The number of benzene rings is 2. The van der Waals surface area contributed by atoms with Crippen molar-refractivity contribution in [1.29, 1.82) is 0 Å². The Morgan fingerprint density at radius 3 is 2.57 bits per heavy atom. The van der Waals surface area contributed by atoms with E-state index in [9.17, 15) is 4.79 Å². The molecule has 0 N–H and O–H groups in total. The Morgan fingerprint density at radius 2 is 1.89 bits per heavy atom. The number of hydrogen-bond donors (Lipinski definition) is 0. The number of Topliss-reactive ketones (excluding diaryl/α,β-unsaturated/α-hetero) is 1. The van der Waals surface area contributed by atoms with E-state index in [0.717, 1.165) is 30.0 Å². The molecular formula is C22H26NO5+. The number of rotatable bonds is 5. The summed E-state index contributed by atoms with van der Waals surface area (Å²) in [6, 6.07) is 9.30. The van der Waals surface area contributed by atoms with Crippen LogP contribution >= 0.6 is 0 Å². The molecule has 4 rings (SSSR count). The van der Waals surface area contributed by atoms with Gasteiger partial charge in [-0.15, -0.1) is 0 Å². The van der Waals surface area contributed by atoms with Gasteiger partial charge in [0.2, 0.25) is 12.5 Å². The summed E-state index contributed by atoms with van der Waals surface area (Å²) in [5, 5.41) is 0. The molecule has 2 aliphatic heterocycles. The van der Waals surface area contributed by atoms with Gasteiger partial charge in [0.05, 0.1) is 46.8 Å². The van der Waals surface area contributed by atoms with Crippen molar-refractivity contribution in [1.82, 2.24) is 0 Å². The first kappa shape index (κ1) is 18.6. The topological polar surface area (TPSA) is 54.0 Å². The number of likely N-dealkylation sites (N-methyl/N-ethyl adjacent to an activating group) is 1. The maximum Gasteiger partial charge on any atom is 0.231 e. The molecule has 0 saturated heterocycles. The Morgan fingerprint density at radius 1 is 1.14 bits per heavy atom. The molecule has 6 nitrogen and oxygen atoms in total. The van der Waals surface area contributed by atoms with Crippen LogP contribution in [0.5, 0.6) is 23.0 Å². The van der Waals surface area contributed by atoms with Crippen molar-refractivity contribution in [3.05, 3.63) is 47.0 Å². The van der Waals surface area contributed by atoms with Crippen LogP contribution in [0, 0.1) is 0 Å². The van der Waals surface area contributed by atoms with Gasteiger partial charge >= 0.3 is 0 Å². The van der Waals surface area contributed by atoms with E-state index in [1.807, 2.05) is 30.3 Å². The van der Waals surface area contributed by atoms with Crippen molar-refractivity contribution in [3.63, 3.8) is 0 Å². The van der Waals surface area contributed by atoms with Gasteiger partial charge in [-0.1, -0.05) is 0 Å². The van der Waals surface area contributed by atoms with Crippen molar-refractivity contribution >= 4 is 5.78 Å². The fraction of sp³-hybridized carbons (Fsp3) is 0.409. The monoisotopic (exact) mass is 384 g/mol. The zero-order chi connectivity index (χ0) is 19.9. The lowest BCUT2D eigenvalue weighted by molar-refractivity contribution is -0.922. The molecule has 0 radical (unpaired) electrons. The number of hydrogen-bond acceptors (Lipinski definition) is 5. The molecule has 0 saturated carbocycles. The molecule has 0 fully saturated rings. The summed E-state index contributed by atoms with van der Waals surface area (Å²) >= 11 is 0. The van der Waals surface area contributed by atoms with Crippen LogP contribution in [0.3, 0.4) is 0 Å². The molecule has 0 aliphatic carbocycles. The highest BCUT2D eigenvalue weighted by Crippen LogP contribution is 2.51. The summed E-state index contributed by atoms with van der Waals surface area (Å²) in [5.74, 6) is 2.91. The van der Waals surface area contributed by atoms with Gasteiger partial charge in [0.15, 0.2) is 17.3 Å². The van der Waals surface area contributed by atoms with Crippen molar-refractivity contribution < 1.29 is 28.2 Å². The summed E-state index contributed by atoms with van der Waals surface area (Å²) in [6.45, 7) is 1.14. The second-order valence-corrected chi connectivity index (χ2v) is 7.84. The normalized spacial score (nSPS) is 19.1. The van der Waals surface area contributed by atoms with E-state index in [-0.39, 0.29) is 18.6 Å². The standard InChI is InChI=1S/C22H26NO5/c1-23(2)10-9-15-11-19-21(28-13-27-19)22(26-4)20(15)17(23)12-18(24)14-5-7-16(25-3)8-6-14/h5-8,11,17H,9-10,12-13H2,1-4H3/q+1. The molecule has 148 valence electrons. The van der Waals surface area contributed by atoms with Crippen LogP contribution in [0.2, 0.25) is 0 Å². The van der Waals surface area contributed by atoms with E-state index < -0.39 is 0 Å². The quantitative estimate of drug-likeness (QED) is 0.584. The lowest BCUT2D eigenvalue weighted by Gasteiger charge is -2.43. The second-order valence-electron chi connectivity index (χ2n) is 7.84. The van der Waals surface area contributed by atoms with Gasteiger partial charge < -0.3 is 23.4 Å². The van der Waals surface area contributed by atoms with Crippen molar-refractivity contribution in [2.24, 2.45) is 0 Å². The van der Waals surface area contributed by atoms with Crippen LogP contribution in [0.15, 0.2) is 30.3 Å². The minimum absolute atomic E-state index is 0.0252. The molecule has 2 aliphatic rings. The SMILES string of the molecule is COc1ccc(C(=O)CC2c3c(cc4c(c3OC)OCO4)CC[N+]2(C)C)cc1. The molecule has 0 spiro atoms. The number of quaternary nitrogens is 1. The minimum atomic E-state index is -0.0252. The average Bonchev–Trinajstić information content (AvgIpc) is 3.16. The summed E-state index contributed by atoms with van der Waals surface area (Å²) in [6.07, 6.45) is 1.30. The third-order valence-electron chi connectivity index (χ3n) is 5.87. The maximum atomic E-state index is 13.1. The van der Waals surface area contributed by atoms with E-state index in [0.29, 0.717) is 28.0 Å². The molecule has 28 heavy (non-hydrogen) atoms. The zero-order valence-electron chi connectivity index (χ0n) is 16.8. The Hall–Kier alpha value is -2.73. The number of ketones is 1. The summed E-state index contributed by atoms with van der Waals surface area (Å²) in [5.41, 5.74) is 2.92. The summed E-state index contributed by atoms with van der Waals surface area (Å²) in [7, 11) is 7.60. The van der Waals surface area contributed by atoms with Crippen molar-refractivity contribution in [2.45, 2.75) is 18.9 Å². The lowest BCUT2D eigenvalue weighted by Crippen LogP contribution is -2.48. The Balaban J connectivity index is 1.73. The highest BCUT2D eigenvalue weighted by atomic mass is 16.7. The minimum Gasteiger partial charge on any atom is -0.497 e. The van der Waals surface area contributed by atoms with E-state index >= 15 is 0 Å². The van der Waals surface area contributed by atoms with Gasteiger partial charge in [0, 0.05) is 12.0 Å². The van der Waals surface area contributed by atoms with E-state index in [4.69, 9.17) is 18.9 Å². The van der Waals surface area contributed by atoms with Gasteiger partial charge in [-0.05, 0) is 35.9 Å². The van der Waals surface area contributed by atoms with Gasteiger partial charge in [0.1, 0.15) is 11.8 Å². The average molecular weight is 384 g/mol. The molecular weight excluding hydrogens is 358 g/mol. The maximum absolute atomic E-state index is 13.1. The molecule has 0 aromatic heterocycles. The van der Waals surface area contributed by atoms with Gasteiger partial charge in [0.25, 0.3) is 0 Å². The predicted octanol–water partition coefficient (Wildman–Crippen LogP) is 3.38. The van der Waals surface area contributed by atoms with Crippen LogP contribution in [-0.4, -0.2) is 51.9 Å². The van der Waals surface area contributed by atoms with Gasteiger partial charge in [-0.25, -0.2) is 0 Å². The van der Waals surface area contributed by atoms with Crippen molar-refractivity contribution in [3.8, 4) is 23.0 Å². The van der Waals surface area contributed by atoms with Crippen LogP contribution < -0.4 is 18.9 Å². The fourth-order valence-corrected chi connectivity index (χ4v) is 4.19. The molecule has 1 unspecified atom stereocenters. The molecule has 0 amide bonds. The van der Waals surface area contributed by atoms with Gasteiger partial charge in [-0.2, -0.15) is 0 Å². The van der Waals surface area contributed by atoms with Crippen molar-refractivity contribution in [2.75, 3.05) is 41.7 Å². The van der Waals surface area contributed by atoms with E-state index in [2.05, 4.69) is 14.1 Å². The van der Waals surface area contributed by atoms with Crippen LogP contribution in [-0.2, 0) is 6.42 Å². The molecule has 0 bridgehead atoms. The first-order chi connectivity index (χ1) is 13.4. The van der Waals surface area contributed by atoms with E-state index in [1.54, 1.807) is 14.2 Å². The summed E-state index contributed by atoms with van der Waals surface area (Å²) in [4.78, 5) is 13.1. The zero-order valence-corrected chi connectivity index (χ0v) is 16.8. The third-order valence-corrected chi connectivity index (χ3v) is 5.87. The Bertz CT molecular complexity index is 904. The predicted molar refractivity (Wildman–Crippen MR) is 104 cm³/mol. The number of fused-ring (bicyclic) bond motifs is 2. The summed E-state index contributed by atoms with van der Waals surface area (Å²) < 4.78 is 22.9. The molecule has 2 aromatic carbocycles. The third kappa shape index (κ3) is 3.07.